The monoisotopic (exact) mass is 537 g/mol. The summed E-state index contributed by atoms with van der Waals surface area (Å²) in [4.78, 5) is 37.0. The number of halogens is 1. The summed E-state index contributed by atoms with van der Waals surface area (Å²) in [6.07, 6.45) is 2.49. The summed E-state index contributed by atoms with van der Waals surface area (Å²) < 4.78 is 0.856. The average molecular weight is 538 g/mol. The number of unbranched alkanes of at least 4 members (excludes halogenated alkanes) is 2. The Bertz CT molecular complexity index is 1120. The van der Waals surface area contributed by atoms with Gasteiger partial charge in [-0.25, -0.2) is 5.48 Å². The van der Waals surface area contributed by atoms with Crippen LogP contribution in [0.1, 0.15) is 42.5 Å². The first-order chi connectivity index (χ1) is 17.0. The molecule has 0 spiro atoms. The summed E-state index contributed by atoms with van der Waals surface area (Å²) in [6.45, 7) is 0. The molecule has 1 atom stereocenters. The molecule has 35 heavy (non-hydrogen) atoms. The molecule has 182 valence electrons. The quantitative estimate of drug-likeness (QED) is 0.151. The lowest BCUT2D eigenvalue weighted by Crippen LogP contribution is -2.43. The maximum atomic E-state index is 13.1. The van der Waals surface area contributed by atoms with Gasteiger partial charge in [-0.2, -0.15) is 0 Å². The molecular formula is C27H28BrN3O4. The molecule has 3 rings (SSSR count). The summed E-state index contributed by atoms with van der Waals surface area (Å²) in [5.41, 5.74) is 4.82. The fourth-order valence-corrected chi connectivity index (χ4v) is 3.85. The van der Waals surface area contributed by atoms with E-state index in [1.165, 1.54) is 0 Å². The van der Waals surface area contributed by atoms with Crippen molar-refractivity contribution in [2.24, 2.45) is 0 Å². The van der Waals surface area contributed by atoms with Gasteiger partial charge < -0.3 is 10.6 Å². The maximum Gasteiger partial charge on any atom is 0.251 e. The molecule has 3 amide bonds. The van der Waals surface area contributed by atoms with Crippen LogP contribution in [0.3, 0.4) is 0 Å². The molecule has 8 heteroatoms. The number of hydroxylamine groups is 1. The minimum absolute atomic E-state index is 0.201. The molecule has 3 aromatic rings. The van der Waals surface area contributed by atoms with Gasteiger partial charge >= 0.3 is 0 Å². The van der Waals surface area contributed by atoms with Gasteiger partial charge in [0.05, 0.1) is 0 Å². The van der Waals surface area contributed by atoms with Gasteiger partial charge in [-0.05, 0) is 60.4 Å². The second-order valence-corrected chi connectivity index (χ2v) is 9.02. The van der Waals surface area contributed by atoms with E-state index in [2.05, 4.69) is 26.6 Å². The van der Waals surface area contributed by atoms with E-state index in [1.807, 2.05) is 54.6 Å². The van der Waals surface area contributed by atoms with Gasteiger partial charge in [0, 0.05) is 22.1 Å². The van der Waals surface area contributed by atoms with Crippen molar-refractivity contribution in [2.45, 2.75) is 38.1 Å². The fourth-order valence-electron chi connectivity index (χ4n) is 3.58. The van der Waals surface area contributed by atoms with E-state index >= 15 is 0 Å². The van der Waals surface area contributed by atoms with E-state index in [9.17, 15) is 14.4 Å². The summed E-state index contributed by atoms with van der Waals surface area (Å²) in [6, 6.07) is 23.6. The van der Waals surface area contributed by atoms with E-state index in [0.29, 0.717) is 36.9 Å². The SMILES string of the molecule is O=C(CCCCC[C@H](NC(=O)c1ccc(Br)cc1)C(=O)Nc1ccc(-c2ccccc2)cc1)NO. The molecular weight excluding hydrogens is 510 g/mol. The van der Waals surface area contributed by atoms with Gasteiger partial charge in [0.25, 0.3) is 5.91 Å². The maximum absolute atomic E-state index is 13.1. The van der Waals surface area contributed by atoms with E-state index in [0.717, 1.165) is 15.6 Å². The first kappa shape index (κ1) is 26.1. The average Bonchev–Trinajstić information content (AvgIpc) is 2.88. The highest BCUT2D eigenvalue weighted by Crippen LogP contribution is 2.21. The van der Waals surface area contributed by atoms with Crippen LogP contribution in [0, 0.1) is 0 Å². The van der Waals surface area contributed by atoms with Gasteiger partial charge in [-0.15, -0.1) is 0 Å². The van der Waals surface area contributed by atoms with E-state index < -0.39 is 11.9 Å². The normalized spacial score (nSPS) is 11.4. The summed E-state index contributed by atoms with van der Waals surface area (Å²) in [7, 11) is 0. The molecule has 3 aromatic carbocycles. The second-order valence-electron chi connectivity index (χ2n) is 8.10. The van der Waals surface area contributed by atoms with Crippen LogP contribution < -0.4 is 16.1 Å². The van der Waals surface area contributed by atoms with E-state index in [-0.39, 0.29) is 18.2 Å². The molecule has 0 unspecified atom stereocenters. The zero-order valence-electron chi connectivity index (χ0n) is 19.2. The van der Waals surface area contributed by atoms with Crippen LogP contribution in [0.4, 0.5) is 5.69 Å². The Morgan fingerprint density at radius 1 is 0.800 bits per heavy atom. The van der Waals surface area contributed by atoms with Crippen molar-refractivity contribution in [3.8, 4) is 11.1 Å². The highest BCUT2D eigenvalue weighted by atomic mass is 79.9. The Kier molecular flexibility index (Phi) is 10.0. The number of hydrogen-bond acceptors (Lipinski definition) is 4. The van der Waals surface area contributed by atoms with Crippen LogP contribution in [-0.4, -0.2) is 29.0 Å². The number of carbonyl (C=O) groups excluding carboxylic acids is 3. The predicted molar refractivity (Wildman–Crippen MR) is 139 cm³/mol. The largest absolute Gasteiger partial charge is 0.340 e. The first-order valence-electron chi connectivity index (χ1n) is 11.4. The lowest BCUT2D eigenvalue weighted by molar-refractivity contribution is -0.129. The molecule has 0 heterocycles. The Morgan fingerprint density at radius 2 is 1.46 bits per heavy atom. The third kappa shape index (κ3) is 8.35. The van der Waals surface area contributed by atoms with Gasteiger partial charge in [0.1, 0.15) is 6.04 Å². The summed E-state index contributed by atoms with van der Waals surface area (Å²) in [5, 5.41) is 14.3. The zero-order chi connectivity index (χ0) is 25.0. The Morgan fingerprint density at radius 3 is 2.11 bits per heavy atom. The minimum atomic E-state index is -0.744. The third-order valence-electron chi connectivity index (χ3n) is 5.51. The van der Waals surface area contributed by atoms with Gasteiger partial charge in [0.2, 0.25) is 11.8 Å². The predicted octanol–water partition coefficient (Wildman–Crippen LogP) is 5.31. The third-order valence-corrected chi connectivity index (χ3v) is 6.04. The molecule has 7 nitrogen and oxygen atoms in total. The molecule has 0 aliphatic heterocycles. The number of amides is 3. The molecule has 0 aromatic heterocycles. The van der Waals surface area contributed by atoms with Crippen LogP contribution in [0.2, 0.25) is 0 Å². The second kappa shape index (κ2) is 13.4. The van der Waals surface area contributed by atoms with Gasteiger partial charge in [-0.1, -0.05) is 71.2 Å². The van der Waals surface area contributed by atoms with Crippen LogP contribution in [0.15, 0.2) is 83.3 Å². The number of nitrogens with one attached hydrogen (secondary N) is 3. The Hall–Kier alpha value is -3.49. The molecule has 0 aliphatic rings. The van der Waals surface area contributed by atoms with E-state index in [1.54, 1.807) is 29.7 Å². The highest BCUT2D eigenvalue weighted by Gasteiger charge is 2.21. The lowest BCUT2D eigenvalue weighted by atomic mass is 10.0. The van der Waals surface area contributed by atoms with Crippen molar-refractivity contribution in [1.82, 2.24) is 10.8 Å². The topological polar surface area (TPSA) is 108 Å². The van der Waals surface area contributed by atoms with E-state index in [4.69, 9.17) is 5.21 Å². The number of carbonyl (C=O) groups is 3. The number of hydrogen-bond donors (Lipinski definition) is 4. The molecule has 0 radical (unpaired) electrons. The Labute approximate surface area is 213 Å². The molecule has 0 aliphatic carbocycles. The van der Waals surface area contributed by atoms with Crippen molar-refractivity contribution in [3.63, 3.8) is 0 Å². The minimum Gasteiger partial charge on any atom is -0.340 e. The van der Waals surface area contributed by atoms with Crippen molar-refractivity contribution in [1.29, 1.82) is 0 Å². The first-order valence-corrected chi connectivity index (χ1v) is 12.2. The van der Waals surface area contributed by atoms with Crippen LogP contribution >= 0.6 is 15.9 Å². The molecule has 4 N–H and O–H groups in total. The van der Waals surface area contributed by atoms with Gasteiger partial charge in [-0.3, -0.25) is 19.6 Å². The number of anilines is 1. The highest BCUT2D eigenvalue weighted by molar-refractivity contribution is 9.10. The fraction of sp³-hybridized carbons (Fsp3) is 0.222. The number of rotatable bonds is 11. The summed E-state index contributed by atoms with van der Waals surface area (Å²) in [5.74, 6) is -1.09. The van der Waals surface area contributed by atoms with Crippen LogP contribution in [0.25, 0.3) is 11.1 Å². The Balaban J connectivity index is 1.64. The van der Waals surface area contributed by atoms with Gasteiger partial charge in [0.15, 0.2) is 0 Å². The van der Waals surface area contributed by atoms with Crippen molar-refractivity contribution in [3.05, 3.63) is 88.9 Å². The van der Waals surface area contributed by atoms with Crippen molar-refractivity contribution in [2.75, 3.05) is 5.32 Å². The molecule has 0 saturated carbocycles. The summed E-state index contributed by atoms with van der Waals surface area (Å²) >= 11 is 3.35. The number of benzene rings is 3. The lowest BCUT2D eigenvalue weighted by Gasteiger charge is -2.19. The van der Waals surface area contributed by atoms with Crippen LogP contribution in [-0.2, 0) is 9.59 Å². The molecule has 0 bridgehead atoms. The zero-order valence-corrected chi connectivity index (χ0v) is 20.8. The molecule has 0 saturated heterocycles. The smallest absolute Gasteiger partial charge is 0.251 e. The standard InChI is InChI=1S/C27H28BrN3O4/c28-22-15-11-21(12-16-22)26(33)30-24(9-5-2-6-10-25(32)31-35)27(34)29-23-17-13-20(14-18-23)19-7-3-1-4-8-19/h1,3-4,7-8,11-18,24,35H,2,5-6,9-10H2,(H,29,34)(H,30,33)(H,31,32)/t24-/m0/s1. The van der Waals surface area contributed by atoms with Crippen molar-refractivity contribution < 1.29 is 19.6 Å². The van der Waals surface area contributed by atoms with Crippen LogP contribution in [0.5, 0.6) is 0 Å². The van der Waals surface area contributed by atoms with Crippen molar-refractivity contribution >= 4 is 39.3 Å². The molecule has 0 fully saturated rings.